The number of carbonyl (C=O) groups is 2. The maximum absolute atomic E-state index is 12.5. The molecule has 0 spiro atoms. The van der Waals surface area contributed by atoms with Crippen LogP contribution in [0.2, 0.25) is 0 Å². The molecule has 130 valence electrons. The Labute approximate surface area is 149 Å². The van der Waals surface area contributed by atoms with E-state index in [4.69, 9.17) is 0 Å². The highest BCUT2D eigenvalue weighted by atomic mass is 32.1. The summed E-state index contributed by atoms with van der Waals surface area (Å²) >= 11 is 2.72. The second-order valence-corrected chi connectivity index (χ2v) is 8.27. The number of nitrogens with zero attached hydrogens (tertiary/aromatic N) is 2. The van der Waals surface area contributed by atoms with Crippen molar-refractivity contribution in [1.29, 1.82) is 0 Å². The van der Waals surface area contributed by atoms with Gasteiger partial charge in [0.15, 0.2) is 0 Å². The molecule has 8 heteroatoms. The first kappa shape index (κ1) is 18.5. The Kier molecular flexibility index (Phi) is 6.44. The van der Waals surface area contributed by atoms with Gasteiger partial charge in [-0.25, -0.2) is 0 Å². The third-order valence-electron chi connectivity index (χ3n) is 3.26. The van der Waals surface area contributed by atoms with Crippen LogP contribution in [0.3, 0.4) is 0 Å². The largest absolute Gasteiger partial charge is 0.339 e. The van der Waals surface area contributed by atoms with Gasteiger partial charge >= 0.3 is 0 Å². The van der Waals surface area contributed by atoms with Crippen LogP contribution in [0.5, 0.6) is 0 Å². The van der Waals surface area contributed by atoms with Crippen LogP contribution in [0.15, 0.2) is 17.5 Å². The fourth-order valence-corrected chi connectivity index (χ4v) is 3.66. The molecule has 0 radical (unpaired) electrons. The summed E-state index contributed by atoms with van der Waals surface area (Å²) in [5, 5.41) is 16.8. The molecule has 2 aromatic rings. The Bertz CT molecular complexity index is 680. The Balaban J connectivity index is 2.01. The summed E-state index contributed by atoms with van der Waals surface area (Å²) in [5.74, 6) is -0.0780. The highest BCUT2D eigenvalue weighted by molar-refractivity contribution is 7.15. The zero-order valence-electron chi connectivity index (χ0n) is 14.2. The van der Waals surface area contributed by atoms with Gasteiger partial charge in [-0.2, -0.15) is 0 Å². The summed E-state index contributed by atoms with van der Waals surface area (Å²) in [6, 6.07) is 2.91. The Morgan fingerprint density at radius 3 is 2.54 bits per heavy atom. The van der Waals surface area contributed by atoms with E-state index in [0.717, 1.165) is 11.4 Å². The van der Waals surface area contributed by atoms with E-state index >= 15 is 0 Å². The lowest BCUT2D eigenvalue weighted by atomic mass is 10.0. The van der Waals surface area contributed by atoms with Crippen LogP contribution < -0.4 is 10.6 Å². The van der Waals surface area contributed by atoms with E-state index in [-0.39, 0.29) is 17.7 Å². The van der Waals surface area contributed by atoms with E-state index in [9.17, 15) is 9.59 Å². The van der Waals surface area contributed by atoms with E-state index in [2.05, 4.69) is 34.7 Å². The molecule has 2 N–H and O–H groups in total. The van der Waals surface area contributed by atoms with Crippen molar-refractivity contribution in [3.8, 4) is 0 Å². The van der Waals surface area contributed by atoms with E-state index in [1.54, 1.807) is 6.07 Å². The fourth-order valence-electron chi connectivity index (χ4n) is 2.07. The Hall–Kier alpha value is -1.80. The molecule has 6 nitrogen and oxygen atoms in total. The smallest absolute Gasteiger partial charge is 0.262 e. The molecule has 0 fully saturated rings. The highest BCUT2D eigenvalue weighted by Crippen LogP contribution is 2.19. The van der Waals surface area contributed by atoms with Gasteiger partial charge in [0, 0.05) is 6.42 Å². The van der Waals surface area contributed by atoms with Crippen LogP contribution in [0, 0.1) is 11.8 Å². The number of aromatic nitrogens is 2. The van der Waals surface area contributed by atoms with Gasteiger partial charge in [0.1, 0.15) is 11.0 Å². The molecule has 2 amide bonds. The quantitative estimate of drug-likeness (QED) is 0.788. The van der Waals surface area contributed by atoms with Crippen LogP contribution >= 0.6 is 22.7 Å². The number of thiophene rings is 1. The van der Waals surface area contributed by atoms with Gasteiger partial charge in [-0.05, 0) is 23.3 Å². The van der Waals surface area contributed by atoms with Crippen molar-refractivity contribution >= 4 is 39.6 Å². The average molecular weight is 367 g/mol. The van der Waals surface area contributed by atoms with E-state index in [1.165, 1.54) is 22.7 Å². The van der Waals surface area contributed by atoms with Gasteiger partial charge in [-0.15, -0.1) is 21.5 Å². The van der Waals surface area contributed by atoms with Crippen LogP contribution in [0.4, 0.5) is 5.13 Å². The van der Waals surface area contributed by atoms with Crippen LogP contribution in [-0.2, 0) is 11.2 Å². The molecule has 1 unspecified atom stereocenters. The van der Waals surface area contributed by atoms with Crippen LogP contribution in [0.1, 0.15) is 42.4 Å². The maximum Gasteiger partial charge on any atom is 0.262 e. The lowest BCUT2D eigenvalue weighted by Gasteiger charge is -2.20. The number of anilines is 1. The highest BCUT2D eigenvalue weighted by Gasteiger charge is 2.26. The van der Waals surface area contributed by atoms with Gasteiger partial charge in [0.05, 0.1) is 4.88 Å². The molecule has 0 saturated carbocycles. The predicted octanol–water partition coefficient (Wildman–Crippen LogP) is 3.19. The lowest BCUT2D eigenvalue weighted by molar-refractivity contribution is -0.118. The lowest BCUT2D eigenvalue weighted by Crippen LogP contribution is -2.46. The summed E-state index contributed by atoms with van der Waals surface area (Å²) < 4.78 is 0. The molecule has 1 atom stereocenters. The van der Waals surface area contributed by atoms with Gasteiger partial charge < -0.3 is 5.32 Å². The van der Waals surface area contributed by atoms with Crippen molar-refractivity contribution in [3.05, 3.63) is 27.4 Å². The van der Waals surface area contributed by atoms with Crippen molar-refractivity contribution < 1.29 is 9.59 Å². The first-order chi connectivity index (χ1) is 11.4. The molecule has 0 saturated heterocycles. The minimum absolute atomic E-state index is 0.0445. The number of carbonyl (C=O) groups excluding carboxylic acids is 2. The first-order valence-corrected chi connectivity index (χ1v) is 9.54. The molecule has 0 aromatic carbocycles. The molecule has 0 aliphatic carbocycles. The summed E-state index contributed by atoms with van der Waals surface area (Å²) in [6.45, 7) is 8.00. The predicted molar refractivity (Wildman–Crippen MR) is 97.5 cm³/mol. The fraction of sp³-hybridized carbons (Fsp3) is 0.500. The van der Waals surface area contributed by atoms with Crippen molar-refractivity contribution in [2.45, 2.75) is 40.2 Å². The normalized spacial score (nSPS) is 12.4. The number of amides is 2. The summed E-state index contributed by atoms with van der Waals surface area (Å²) in [7, 11) is 0. The minimum atomic E-state index is -0.628. The van der Waals surface area contributed by atoms with Crippen molar-refractivity contribution in [1.82, 2.24) is 15.5 Å². The SMILES string of the molecule is CC(C)Cc1nnc(NC(=O)C(NC(=O)c2cccs2)C(C)C)s1. The van der Waals surface area contributed by atoms with Crippen LogP contribution in [-0.4, -0.2) is 28.1 Å². The molecule has 2 rings (SSSR count). The molecule has 2 heterocycles. The zero-order valence-corrected chi connectivity index (χ0v) is 15.8. The molecular weight excluding hydrogens is 344 g/mol. The number of hydrogen-bond acceptors (Lipinski definition) is 6. The summed E-state index contributed by atoms with van der Waals surface area (Å²) in [6.07, 6.45) is 0.830. The van der Waals surface area contributed by atoms with Gasteiger partial charge in [-0.3, -0.25) is 14.9 Å². The zero-order chi connectivity index (χ0) is 17.7. The maximum atomic E-state index is 12.5. The molecule has 0 bridgehead atoms. The molecule has 24 heavy (non-hydrogen) atoms. The van der Waals surface area contributed by atoms with Crippen molar-refractivity contribution in [2.24, 2.45) is 11.8 Å². The second-order valence-electron chi connectivity index (χ2n) is 6.26. The standard InChI is InChI=1S/C16H22N4O2S2/c1-9(2)8-12-19-20-16(24-12)18-15(22)13(10(3)4)17-14(21)11-6-5-7-23-11/h5-7,9-10,13H,8H2,1-4H3,(H,17,21)(H,18,20,22). The van der Waals surface area contributed by atoms with Crippen molar-refractivity contribution in [3.63, 3.8) is 0 Å². The first-order valence-electron chi connectivity index (χ1n) is 7.84. The third-order valence-corrected chi connectivity index (χ3v) is 4.99. The van der Waals surface area contributed by atoms with Gasteiger partial charge in [0.2, 0.25) is 11.0 Å². The van der Waals surface area contributed by atoms with E-state index in [1.807, 2.05) is 25.3 Å². The second kappa shape index (κ2) is 8.34. The third kappa shape index (κ3) is 5.10. The Morgan fingerprint density at radius 1 is 1.21 bits per heavy atom. The van der Waals surface area contributed by atoms with Gasteiger partial charge in [-0.1, -0.05) is 45.1 Å². The summed E-state index contributed by atoms with van der Waals surface area (Å²) in [5.41, 5.74) is 0. The van der Waals surface area contributed by atoms with E-state index < -0.39 is 6.04 Å². The Morgan fingerprint density at radius 2 is 1.96 bits per heavy atom. The molecular formula is C16H22N4O2S2. The van der Waals surface area contributed by atoms with Crippen LogP contribution in [0.25, 0.3) is 0 Å². The van der Waals surface area contributed by atoms with E-state index in [0.29, 0.717) is 15.9 Å². The number of rotatable bonds is 7. The molecule has 0 aliphatic rings. The number of nitrogens with one attached hydrogen (secondary N) is 2. The number of hydrogen-bond donors (Lipinski definition) is 2. The average Bonchev–Trinajstić information content (AvgIpc) is 3.15. The molecule has 0 aliphatic heterocycles. The monoisotopic (exact) mass is 366 g/mol. The van der Waals surface area contributed by atoms with Crippen molar-refractivity contribution in [2.75, 3.05) is 5.32 Å². The topological polar surface area (TPSA) is 84.0 Å². The molecule has 2 aromatic heterocycles. The minimum Gasteiger partial charge on any atom is -0.339 e. The summed E-state index contributed by atoms with van der Waals surface area (Å²) in [4.78, 5) is 25.3. The van der Waals surface area contributed by atoms with Gasteiger partial charge in [0.25, 0.3) is 5.91 Å².